The van der Waals surface area contributed by atoms with Crippen LogP contribution in [0.3, 0.4) is 0 Å². The minimum Gasteiger partial charge on any atom is -0.381 e. The van der Waals surface area contributed by atoms with Gasteiger partial charge in [0.25, 0.3) is 0 Å². The lowest BCUT2D eigenvalue weighted by Gasteiger charge is -2.32. The number of nitrogens with two attached hydrogens (primary N) is 1. The zero-order valence-corrected chi connectivity index (χ0v) is 10.3. The van der Waals surface area contributed by atoms with E-state index in [2.05, 4.69) is 5.32 Å². The highest BCUT2D eigenvalue weighted by molar-refractivity contribution is 4.90. The predicted molar refractivity (Wildman–Crippen MR) is 66.4 cm³/mol. The first-order valence-corrected chi connectivity index (χ1v) is 6.87. The standard InChI is InChI=1S/C13H26N2O/c14-11-13(6-2-9-16-10-7-13)15-8-1-3-12-4-5-12/h12,15H,1-11,14H2. The summed E-state index contributed by atoms with van der Waals surface area (Å²) >= 11 is 0. The van der Waals surface area contributed by atoms with Crippen molar-refractivity contribution in [2.45, 2.75) is 50.5 Å². The highest BCUT2D eigenvalue weighted by atomic mass is 16.5. The number of ether oxygens (including phenoxy) is 1. The first-order valence-electron chi connectivity index (χ1n) is 6.87. The summed E-state index contributed by atoms with van der Waals surface area (Å²) < 4.78 is 5.51. The minimum absolute atomic E-state index is 0.167. The fraction of sp³-hybridized carbons (Fsp3) is 1.00. The Bertz CT molecular complexity index is 196. The monoisotopic (exact) mass is 226 g/mol. The Balaban J connectivity index is 1.68. The molecule has 94 valence electrons. The Morgan fingerprint density at radius 3 is 2.88 bits per heavy atom. The largest absolute Gasteiger partial charge is 0.381 e. The fourth-order valence-corrected chi connectivity index (χ4v) is 2.61. The molecule has 2 rings (SSSR count). The second-order valence-electron chi connectivity index (χ2n) is 5.46. The summed E-state index contributed by atoms with van der Waals surface area (Å²) in [6.07, 6.45) is 9.05. The second kappa shape index (κ2) is 5.99. The van der Waals surface area contributed by atoms with E-state index >= 15 is 0 Å². The Morgan fingerprint density at radius 2 is 2.12 bits per heavy atom. The minimum atomic E-state index is 0.167. The SMILES string of the molecule is NCC1(NCCCC2CC2)CCCOCC1. The summed E-state index contributed by atoms with van der Waals surface area (Å²) in [5.74, 6) is 1.05. The van der Waals surface area contributed by atoms with Crippen molar-refractivity contribution >= 4 is 0 Å². The van der Waals surface area contributed by atoms with Crippen LogP contribution in [0.4, 0.5) is 0 Å². The Morgan fingerprint density at radius 1 is 1.25 bits per heavy atom. The summed E-state index contributed by atoms with van der Waals surface area (Å²) in [6, 6.07) is 0. The van der Waals surface area contributed by atoms with Crippen LogP contribution in [0.2, 0.25) is 0 Å². The molecule has 0 aromatic rings. The first kappa shape index (κ1) is 12.3. The lowest BCUT2D eigenvalue weighted by molar-refractivity contribution is 0.137. The van der Waals surface area contributed by atoms with Crippen molar-refractivity contribution in [3.8, 4) is 0 Å². The number of hydrogen-bond donors (Lipinski definition) is 2. The highest BCUT2D eigenvalue weighted by Crippen LogP contribution is 2.33. The summed E-state index contributed by atoms with van der Waals surface area (Å²) in [5, 5.41) is 3.70. The normalized spacial score (nSPS) is 31.3. The van der Waals surface area contributed by atoms with Crippen molar-refractivity contribution in [2.75, 3.05) is 26.3 Å². The number of nitrogens with one attached hydrogen (secondary N) is 1. The third-order valence-corrected chi connectivity index (χ3v) is 4.05. The van der Waals surface area contributed by atoms with E-state index < -0.39 is 0 Å². The lowest BCUT2D eigenvalue weighted by atomic mass is 9.90. The van der Waals surface area contributed by atoms with Crippen molar-refractivity contribution in [2.24, 2.45) is 11.7 Å². The van der Waals surface area contributed by atoms with Gasteiger partial charge in [0, 0.05) is 25.3 Å². The van der Waals surface area contributed by atoms with E-state index in [4.69, 9.17) is 10.5 Å². The summed E-state index contributed by atoms with van der Waals surface area (Å²) in [7, 11) is 0. The number of hydrogen-bond acceptors (Lipinski definition) is 3. The number of rotatable bonds is 6. The van der Waals surface area contributed by atoms with Gasteiger partial charge in [-0.2, -0.15) is 0 Å². The van der Waals surface area contributed by atoms with E-state index in [9.17, 15) is 0 Å². The van der Waals surface area contributed by atoms with Crippen LogP contribution in [-0.4, -0.2) is 31.8 Å². The molecule has 3 heteroatoms. The van der Waals surface area contributed by atoms with E-state index in [1.165, 1.54) is 32.1 Å². The van der Waals surface area contributed by atoms with Crippen molar-refractivity contribution in [3.63, 3.8) is 0 Å². The second-order valence-corrected chi connectivity index (χ2v) is 5.46. The van der Waals surface area contributed by atoms with Crippen LogP contribution in [0.25, 0.3) is 0 Å². The molecule has 3 nitrogen and oxygen atoms in total. The van der Waals surface area contributed by atoms with Crippen LogP contribution in [0, 0.1) is 5.92 Å². The van der Waals surface area contributed by atoms with Crippen LogP contribution >= 0.6 is 0 Å². The maximum Gasteiger partial charge on any atom is 0.0484 e. The predicted octanol–water partition coefficient (Wildman–Crippen LogP) is 1.66. The van der Waals surface area contributed by atoms with Gasteiger partial charge in [0.05, 0.1) is 0 Å². The molecule has 0 bridgehead atoms. The zero-order chi connectivity index (χ0) is 11.3. The van der Waals surface area contributed by atoms with Crippen LogP contribution in [-0.2, 0) is 4.74 Å². The molecule has 1 aliphatic carbocycles. The third kappa shape index (κ3) is 3.72. The molecule has 1 unspecified atom stereocenters. The highest BCUT2D eigenvalue weighted by Gasteiger charge is 2.29. The Hall–Kier alpha value is -0.120. The van der Waals surface area contributed by atoms with E-state index in [0.29, 0.717) is 0 Å². The molecular formula is C13H26N2O. The molecule has 3 N–H and O–H groups in total. The molecule has 1 atom stereocenters. The summed E-state index contributed by atoms with van der Waals surface area (Å²) in [6.45, 7) is 3.66. The van der Waals surface area contributed by atoms with Gasteiger partial charge in [-0.1, -0.05) is 12.8 Å². The third-order valence-electron chi connectivity index (χ3n) is 4.05. The molecular weight excluding hydrogens is 200 g/mol. The fourth-order valence-electron chi connectivity index (χ4n) is 2.61. The maximum atomic E-state index is 5.94. The Labute approximate surface area is 99.1 Å². The van der Waals surface area contributed by atoms with Crippen LogP contribution in [0.15, 0.2) is 0 Å². The van der Waals surface area contributed by atoms with Crippen molar-refractivity contribution in [3.05, 3.63) is 0 Å². The van der Waals surface area contributed by atoms with Gasteiger partial charge in [0.2, 0.25) is 0 Å². The van der Waals surface area contributed by atoms with Gasteiger partial charge in [0.15, 0.2) is 0 Å². The average Bonchev–Trinajstić information content (AvgIpc) is 3.13. The molecule has 1 saturated carbocycles. The van der Waals surface area contributed by atoms with Gasteiger partial charge >= 0.3 is 0 Å². The van der Waals surface area contributed by atoms with E-state index in [1.807, 2.05) is 0 Å². The van der Waals surface area contributed by atoms with Gasteiger partial charge in [-0.3, -0.25) is 0 Å². The molecule has 0 amide bonds. The molecule has 0 aromatic heterocycles. The molecule has 0 spiro atoms. The molecule has 2 aliphatic rings. The quantitative estimate of drug-likeness (QED) is 0.677. The van der Waals surface area contributed by atoms with Crippen molar-refractivity contribution in [1.29, 1.82) is 0 Å². The van der Waals surface area contributed by atoms with E-state index in [0.717, 1.165) is 45.1 Å². The smallest absolute Gasteiger partial charge is 0.0484 e. The van der Waals surface area contributed by atoms with Crippen molar-refractivity contribution < 1.29 is 4.74 Å². The first-order chi connectivity index (χ1) is 7.85. The van der Waals surface area contributed by atoms with Gasteiger partial charge in [-0.05, 0) is 44.6 Å². The summed E-state index contributed by atoms with van der Waals surface area (Å²) in [4.78, 5) is 0. The average molecular weight is 226 g/mol. The molecule has 2 fully saturated rings. The molecule has 1 heterocycles. The van der Waals surface area contributed by atoms with Gasteiger partial charge < -0.3 is 15.8 Å². The topological polar surface area (TPSA) is 47.3 Å². The van der Waals surface area contributed by atoms with Gasteiger partial charge in [-0.15, -0.1) is 0 Å². The van der Waals surface area contributed by atoms with E-state index in [-0.39, 0.29) is 5.54 Å². The van der Waals surface area contributed by atoms with Gasteiger partial charge in [0.1, 0.15) is 0 Å². The lowest BCUT2D eigenvalue weighted by Crippen LogP contribution is -2.51. The summed E-state index contributed by atoms with van der Waals surface area (Å²) in [5.41, 5.74) is 6.11. The molecule has 0 aromatic carbocycles. The molecule has 0 radical (unpaired) electrons. The zero-order valence-electron chi connectivity index (χ0n) is 10.3. The van der Waals surface area contributed by atoms with Crippen LogP contribution in [0.5, 0.6) is 0 Å². The molecule has 16 heavy (non-hydrogen) atoms. The van der Waals surface area contributed by atoms with Gasteiger partial charge in [-0.25, -0.2) is 0 Å². The molecule has 1 aliphatic heterocycles. The van der Waals surface area contributed by atoms with Crippen molar-refractivity contribution in [1.82, 2.24) is 5.32 Å². The van der Waals surface area contributed by atoms with E-state index in [1.54, 1.807) is 0 Å². The Kier molecular flexibility index (Phi) is 4.62. The van der Waals surface area contributed by atoms with Crippen LogP contribution in [0.1, 0.15) is 44.9 Å². The molecule has 1 saturated heterocycles. The van der Waals surface area contributed by atoms with Crippen LogP contribution < -0.4 is 11.1 Å². The maximum absolute atomic E-state index is 5.94.